The van der Waals surface area contributed by atoms with Gasteiger partial charge in [0, 0.05) is 36.7 Å². The summed E-state index contributed by atoms with van der Waals surface area (Å²) in [6.45, 7) is 4.11. The molecule has 4 rings (SSSR count). The monoisotopic (exact) mass is 407 g/mol. The second-order valence-corrected chi connectivity index (χ2v) is 8.41. The number of carbonyl (C=O) groups excluding carboxylic acids is 2. The van der Waals surface area contributed by atoms with Crippen molar-refractivity contribution in [2.75, 3.05) is 19.4 Å². The number of thiophene rings is 1. The summed E-state index contributed by atoms with van der Waals surface area (Å²) in [5.74, 6) is -0.283. The topological polar surface area (TPSA) is 80.1 Å². The fraction of sp³-hybridized carbons (Fsp3) is 0.238. The van der Waals surface area contributed by atoms with Gasteiger partial charge < -0.3 is 14.8 Å². The zero-order chi connectivity index (χ0) is 20.7. The number of imidazole rings is 1. The van der Waals surface area contributed by atoms with Crippen molar-refractivity contribution >= 4 is 50.1 Å². The highest BCUT2D eigenvalue weighted by molar-refractivity contribution is 7.20. The van der Waals surface area contributed by atoms with E-state index in [2.05, 4.69) is 29.1 Å². The first-order valence-corrected chi connectivity index (χ1v) is 10.0. The SMILES string of the molecule is CC(C)n1cnc2cc(C(=O)Nc3ccc4sc(C(=O)N(C)C)cc4c3)cnc21. The summed E-state index contributed by atoms with van der Waals surface area (Å²) in [6.07, 6.45) is 3.30. The predicted molar refractivity (Wildman–Crippen MR) is 116 cm³/mol. The van der Waals surface area contributed by atoms with E-state index in [1.165, 1.54) is 11.3 Å². The molecule has 2 amide bonds. The molecule has 3 aromatic heterocycles. The summed E-state index contributed by atoms with van der Waals surface area (Å²) in [4.78, 5) is 35.8. The molecule has 0 unspecified atom stereocenters. The number of carbonyl (C=O) groups is 2. The number of rotatable bonds is 4. The van der Waals surface area contributed by atoms with Crippen LogP contribution < -0.4 is 5.32 Å². The van der Waals surface area contributed by atoms with Gasteiger partial charge in [0.25, 0.3) is 11.8 Å². The Hall–Kier alpha value is -3.26. The van der Waals surface area contributed by atoms with Crippen molar-refractivity contribution in [3.63, 3.8) is 0 Å². The van der Waals surface area contributed by atoms with Crippen LogP contribution in [0.2, 0.25) is 0 Å². The van der Waals surface area contributed by atoms with Gasteiger partial charge >= 0.3 is 0 Å². The zero-order valence-corrected chi connectivity index (χ0v) is 17.4. The van der Waals surface area contributed by atoms with Crippen molar-refractivity contribution in [2.24, 2.45) is 0 Å². The summed E-state index contributed by atoms with van der Waals surface area (Å²) in [5.41, 5.74) is 2.55. The molecule has 1 aromatic carbocycles. The average Bonchev–Trinajstić information content (AvgIpc) is 3.30. The van der Waals surface area contributed by atoms with Crippen LogP contribution in [0.15, 0.2) is 42.9 Å². The number of benzene rings is 1. The van der Waals surface area contributed by atoms with E-state index in [1.807, 2.05) is 28.8 Å². The molecule has 0 radical (unpaired) electrons. The third-order valence-electron chi connectivity index (χ3n) is 4.62. The molecule has 3 heterocycles. The first-order valence-electron chi connectivity index (χ1n) is 9.22. The molecule has 8 heteroatoms. The molecule has 0 atom stereocenters. The van der Waals surface area contributed by atoms with Gasteiger partial charge in [0.05, 0.1) is 16.8 Å². The van der Waals surface area contributed by atoms with Crippen LogP contribution in [0, 0.1) is 0 Å². The lowest BCUT2D eigenvalue weighted by molar-refractivity contribution is 0.0832. The van der Waals surface area contributed by atoms with E-state index in [0.29, 0.717) is 21.6 Å². The van der Waals surface area contributed by atoms with Gasteiger partial charge in [-0.2, -0.15) is 0 Å². The fourth-order valence-corrected chi connectivity index (χ4v) is 4.14. The molecule has 0 fully saturated rings. The molecule has 0 saturated heterocycles. The summed E-state index contributed by atoms with van der Waals surface area (Å²) >= 11 is 1.44. The minimum absolute atomic E-state index is 0.0306. The van der Waals surface area contributed by atoms with Gasteiger partial charge in [-0.1, -0.05) is 0 Å². The Morgan fingerprint density at radius 2 is 1.93 bits per heavy atom. The highest BCUT2D eigenvalue weighted by atomic mass is 32.1. The van der Waals surface area contributed by atoms with Crippen LogP contribution >= 0.6 is 11.3 Å². The number of nitrogens with zero attached hydrogens (tertiary/aromatic N) is 4. The number of anilines is 1. The smallest absolute Gasteiger partial charge is 0.263 e. The molecule has 148 valence electrons. The lowest BCUT2D eigenvalue weighted by atomic mass is 10.2. The lowest BCUT2D eigenvalue weighted by Gasteiger charge is -2.08. The minimum atomic E-state index is -0.252. The predicted octanol–water partition coefficient (Wildman–Crippen LogP) is 4.18. The summed E-state index contributed by atoms with van der Waals surface area (Å²) in [5, 5.41) is 3.82. The van der Waals surface area contributed by atoms with Gasteiger partial charge in [0.15, 0.2) is 5.65 Å². The quantitative estimate of drug-likeness (QED) is 0.550. The third-order valence-corrected chi connectivity index (χ3v) is 5.73. The highest BCUT2D eigenvalue weighted by Crippen LogP contribution is 2.29. The fourth-order valence-electron chi connectivity index (χ4n) is 3.07. The molecule has 4 aromatic rings. The van der Waals surface area contributed by atoms with Gasteiger partial charge in [-0.25, -0.2) is 9.97 Å². The van der Waals surface area contributed by atoms with Crippen LogP contribution in [-0.4, -0.2) is 45.3 Å². The van der Waals surface area contributed by atoms with Crippen molar-refractivity contribution in [1.29, 1.82) is 0 Å². The molecular weight excluding hydrogens is 386 g/mol. The molecule has 1 N–H and O–H groups in total. The molecule has 0 bridgehead atoms. The molecule has 29 heavy (non-hydrogen) atoms. The Bertz CT molecular complexity index is 1240. The summed E-state index contributed by atoms with van der Waals surface area (Å²) in [7, 11) is 3.46. The molecular formula is C21H21N5O2S. The van der Waals surface area contributed by atoms with Gasteiger partial charge in [0.2, 0.25) is 0 Å². The second-order valence-electron chi connectivity index (χ2n) is 7.33. The van der Waals surface area contributed by atoms with Crippen molar-refractivity contribution in [2.45, 2.75) is 19.9 Å². The van der Waals surface area contributed by atoms with Crippen LogP contribution in [0.25, 0.3) is 21.3 Å². The number of fused-ring (bicyclic) bond motifs is 2. The normalized spacial score (nSPS) is 11.3. The van der Waals surface area contributed by atoms with E-state index in [1.54, 1.807) is 37.6 Å². The van der Waals surface area contributed by atoms with Crippen molar-refractivity contribution in [1.82, 2.24) is 19.4 Å². The van der Waals surface area contributed by atoms with Gasteiger partial charge in [-0.05, 0) is 49.6 Å². The first kappa shape index (κ1) is 19.1. The molecule has 0 spiro atoms. The Labute approximate surface area is 172 Å². The van der Waals surface area contributed by atoms with Crippen LogP contribution in [0.3, 0.4) is 0 Å². The van der Waals surface area contributed by atoms with E-state index in [9.17, 15) is 9.59 Å². The zero-order valence-electron chi connectivity index (χ0n) is 16.6. The van der Waals surface area contributed by atoms with E-state index < -0.39 is 0 Å². The standard InChI is InChI=1S/C21H21N5O2S/c1-12(2)26-11-23-16-8-14(10-22-19(16)26)20(27)24-15-5-6-17-13(7-15)9-18(29-17)21(28)25(3)4/h5-12H,1-4H3,(H,24,27). The lowest BCUT2D eigenvalue weighted by Crippen LogP contribution is -2.20. The Morgan fingerprint density at radius 1 is 1.14 bits per heavy atom. The Kier molecular flexibility index (Phi) is 4.79. The summed E-state index contributed by atoms with van der Waals surface area (Å²) in [6, 6.07) is 9.45. The maximum absolute atomic E-state index is 12.7. The van der Waals surface area contributed by atoms with E-state index in [4.69, 9.17) is 0 Å². The van der Waals surface area contributed by atoms with Gasteiger partial charge in [0.1, 0.15) is 5.52 Å². The van der Waals surface area contributed by atoms with Crippen molar-refractivity contribution < 1.29 is 9.59 Å². The first-order chi connectivity index (χ1) is 13.8. The van der Waals surface area contributed by atoms with Gasteiger partial charge in [-0.15, -0.1) is 11.3 Å². The van der Waals surface area contributed by atoms with E-state index in [-0.39, 0.29) is 17.9 Å². The number of hydrogen-bond donors (Lipinski definition) is 1. The highest BCUT2D eigenvalue weighted by Gasteiger charge is 2.14. The number of amides is 2. The Balaban J connectivity index is 1.58. The second kappa shape index (κ2) is 7.29. The van der Waals surface area contributed by atoms with E-state index in [0.717, 1.165) is 15.7 Å². The number of pyridine rings is 1. The molecule has 7 nitrogen and oxygen atoms in total. The van der Waals surface area contributed by atoms with Crippen LogP contribution in [0.1, 0.15) is 39.9 Å². The minimum Gasteiger partial charge on any atom is -0.344 e. The molecule has 0 aliphatic carbocycles. The largest absolute Gasteiger partial charge is 0.344 e. The van der Waals surface area contributed by atoms with Gasteiger partial charge in [-0.3, -0.25) is 9.59 Å². The van der Waals surface area contributed by atoms with Crippen LogP contribution in [-0.2, 0) is 0 Å². The number of hydrogen-bond acceptors (Lipinski definition) is 5. The van der Waals surface area contributed by atoms with Crippen molar-refractivity contribution in [3.8, 4) is 0 Å². The summed E-state index contributed by atoms with van der Waals surface area (Å²) < 4.78 is 2.96. The number of aromatic nitrogens is 3. The average molecular weight is 407 g/mol. The molecule has 0 saturated carbocycles. The molecule has 0 aliphatic heterocycles. The van der Waals surface area contributed by atoms with Crippen LogP contribution in [0.5, 0.6) is 0 Å². The maximum atomic E-state index is 12.7. The number of nitrogens with one attached hydrogen (secondary N) is 1. The van der Waals surface area contributed by atoms with Crippen LogP contribution in [0.4, 0.5) is 5.69 Å². The van der Waals surface area contributed by atoms with Crippen molar-refractivity contribution in [3.05, 3.63) is 53.3 Å². The maximum Gasteiger partial charge on any atom is 0.263 e. The Morgan fingerprint density at radius 3 is 2.66 bits per heavy atom. The van der Waals surface area contributed by atoms with E-state index >= 15 is 0 Å². The molecule has 0 aliphatic rings. The third kappa shape index (κ3) is 3.58.